The molecule has 2 aliphatic heterocycles. The van der Waals surface area contributed by atoms with Gasteiger partial charge in [-0.25, -0.2) is 9.78 Å². The molecule has 188 valence electrons. The molecule has 1 fully saturated rings. The normalized spacial score (nSPS) is 19.4. The maximum atomic E-state index is 13.1. The van der Waals surface area contributed by atoms with Crippen LogP contribution in [0.4, 0.5) is 5.82 Å². The third kappa shape index (κ3) is 4.82. The molecular weight excluding hydrogens is 448 g/mol. The van der Waals surface area contributed by atoms with Crippen molar-refractivity contribution in [1.29, 1.82) is 5.41 Å². The van der Waals surface area contributed by atoms with Crippen LogP contribution < -0.4 is 4.90 Å². The minimum absolute atomic E-state index is 0.164. The summed E-state index contributed by atoms with van der Waals surface area (Å²) in [5.74, 6) is 0.104. The summed E-state index contributed by atoms with van der Waals surface area (Å²) in [6.07, 6.45) is 4.85. The molecule has 1 unspecified atom stereocenters. The number of ether oxygens (including phenoxy) is 2. The summed E-state index contributed by atoms with van der Waals surface area (Å²) in [6.45, 7) is 11.7. The molecule has 2 aromatic rings. The number of nitrogens with zero attached hydrogens (tertiary/aromatic N) is 3. The Morgan fingerprint density at radius 3 is 2.71 bits per heavy atom. The second-order valence-corrected chi connectivity index (χ2v) is 9.94. The highest BCUT2D eigenvalue weighted by atomic mass is 16.5. The standard InChI is InChI=1S/C26H34N4O5/c1-6-34-25(32)21-13-29(8-9-30(21)24(31)17-7-10-33-14-17)23-19(12-27)18-11-26(4,5)35-15-20(18)22(28-23)16(2)3/h7,10,12,14,16,21,27H,6,8-9,11,13,15H2,1-5H3. The van der Waals surface area contributed by atoms with Crippen LogP contribution in [0.2, 0.25) is 0 Å². The molecule has 2 aliphatic rings. The zero-order valence-electron chi connectivity index (χ0n) is 21.1. The Labute approximate surface area is 205 Å². The van der Waals surface area contributed by atoms with E-state index in [1.165, 1.54) is 18.7 Å². The van der Waals surface area contributed by atoms with E-state index >= 15 is 0 Å². The molecule has 2 aromatic heterocycles. The SMILES string of the molecule is CCOC(=O)C1CN(c2nc(C(C)C)c3c(c2C=N)CC(C)(C)OC3)CCN1C(=O)c1ccoc1. The number of anilines is 1. The van der Waals surface area contributed by atoms with Crippen molar-refractivity contribution in [2.75, 3.05) is 31.1 Å². The van der Waals surface area contributed by atoms with Crippen molar-refractivity contribution >= 4 is 23.9 Å². The topological polar surface area (TPSA) is 109 Å². The summed E-state index contributed by atoms with van der Waals surface area (Å²) in [4.78, 5) is 34.7. The summed E-state index contributed by atoms with van der Waals surface area (Å²) < 4.78 is 16.5. The molecule has 9 nitrogen and oxygen atoms in total. The van der Waals surface area contributed by atoms with Gasteiger partial charge in [-0.3, -0.25) is 4.79 Å². The number of fused-ring (bicyclic) bond motifs is 1. The number of piperazine rings is 1. The highest BCUT2D eigenvalue weighted by Crippen LogP contribution is 2.37. The van der Waals surface area contributed by atoms with Gasteiger partial charge >= 0.3 is 5.97 Å². The first-order valence-electron chi connectivity index (χ1n) is 12.1. The second-order valence-electron chi connectivity index (χ2n) is 9.94. The van der Waals surface area contributed by atoms with E-state index in [1.807, 2.05) is 4.90 Å². The first-order valence-corrected chi connectivity index (χ1v) is 12.1. The van der Waals surface area contributed by atoms with Gasteiger partial charge in [0.1, 0.15) is 18.1 Å². The van der Waals surface area contributed by atoms with Gasteiger partial charge in [-0.2, -0.15) is 0 Å². The molecule has 0 spiro atoms. The van der Waals surface area contributed by atoms with E-state index in [0.717, 1.165) is 22.4 Å². The number of hydrogen-bond donors (Lipinski definition) is 1. The van der Waals surface area contributed by atoms with Gasteiger partial charge in [0.05, 0.1) is 42.9 Å². The molecular formula is C26H34N4O5. The molecule has 4 rings (SSSR count). The zero-order valence-corrected chi connectivity index (χ0v) is 21.1. The van der Waals surface area contributed by atoms with Crippen LogP contribution >= 0.6 is 0 Å². The average molecular weight is 483 g/mol. The highest BCUT2D eigenvalue weighted by Gasteiger charge is 2.39. The van der Waals surface area contributed by atoms with Crippen molar-refractivity contribution in [2.24, 2.45) is 0 Å². The van der Waals surface area contributed by atoms with Gasteiger partial charge in [0.2, 0.25) is 0 Å². The van der Waals surface area contributed by atoms with E-state index in [2.05, 4.69) is 27.7 Å². The van der Waals surface area contributed by atoms with Crippen molar-refractivity contribution in [2.45, 2.75) is 65.2 Å². The minimum Gasteiger partial charge on any atom is -0.472 e. The van der Waals surface area contributed by atoms with E-state index in [0.29, 0.717) is 37.5 Å². The van der Waals surface area contributed by atoms with Crippen LogP contribution in [-0.4, -0.2) is 65.9 Å². The molecule has 0 radical (unpaired) electrons. The van der Waals surface area contributed by atoms with E-state index in [1.54, 1.807) is 17.9 Å². The fourth-order valence-electron chi connectivity index (χ4n) is 4.88. The van der Waals surface area contributed by atoms with Crippen molar-refractivity contribution < 1.29 is 23.5 Å². The zero-order chi connectivity index (χ0) is 25.3. The molecule has 1 saturated heterocycles. The smallest absolute Gasteiger partial charge is 0.330 e. The summed E-state index contributed by atoms with van der Waals surface area (Å²) in [5.41, 5.74) is 3.87. The Hall–Kier alpha value is -3.20. The number of aromatic nitrogens is 1. The molecule has 0 aromatic carbocycles. The summed E-state index contributed by atoms with van der Waals surface area (Å²) in [7, 11) is 0. The van der Waals surface area contributed by atoms with Crippen LogP contribution in [0.3, 0.4) is 0 Å². The van der Waals surface area contributed by atoms with Crippen molar-refractivity contribution in [3.63, 3.8) is 0 Å². The Balaban J connectivity index is 1.74. The van der Waals surface area contributed by atoms with Crippen LogP contribution in [0, 0.1) is 5.41 Å². The van der Waals surface area contributed by atoms with Gasteiger partial charge in [-0.15, -0.1) is 0 Å². The van der Waals surface area contributed by atoms with Crippen LogP contribution in [0.15, 0.2) is 23.0 Å². The Kier molecular flexibility index (Phi) is 6.98. The van der Waals surface area contributed by atoms with E-state index in [4.69, 9.17) is 24.3 Å². The molecule has 4 heterocycles. The van der Waals surface area contributed by atoms with Crippen LogP contribution in [0.5, 0.6) is 0 Å². The maximum Gasteiger partial charge on any atom is 0.330 e. The van der Waals surface area contributed by atoms with E-state index < -0.39 is 12.0 Å². The Morgan fingerprint density at radius 2 is 2.09 bits per heavy atom. The summed E-state index contributed by atoms with van der Waals surface area (Å²) >= 11 is 0. The van der Waals surface area contributed by atoms with E-state index in [9.17, 15) is 9.59 Å². The minimum atomic E-state index is -0.801. The third-order valence-corrected chi connectivity index (χ3v) is 6.63. The third-order valence-electron chi connectivity index (χ3n) is 6.63. The number of amides is 1. The molecule has 9 heteroatoms. The number of esters is 1. The average Bonchev–Trinajstić information content (AvgIpc) is 3.36. The monoisotopic (exact) mass is 482 g/mol. The first kappa shape index (κ1) is 24.9. The fourth-order valence-corrected chi connectivity index (χ4v) is 4.88. The first-order chi connectivity index (χ1) is 16.7. The van der Waals surface area contributed by atoms with Crippen molar-refractivity contribution in [3.05, 3.63) is 46.5 Å². The quantitative estimate of drug-likeness (QED) is 0.495. The van der Waals surface area contributed by atoms with Crippen molar-refractivity contribution in [3.8, 4) is 0 Å². The number of furan rings is 1. The Bertz CT molecular complexity index is 1110. The molecule has 1 N–H and O–H groups in total. The molecule has 1 atom stereocenters. The molecule has 0 aliphatic carbocycles. The maximum absolute atomic E-state index is 13.1. The molecule has 35 heavy (non-hydrogen) atoms. The van der Waals surface area contributed by atoms with Crippen molar-refractivity contribution in [1.82, 2.24) is 9.88 Å². The second kappa shape index (κ2) is 9.81. The molecule has 0 saturated carbocycles. The number of carbonyl (C=O) groups is 2. The molecule has 0 bridgehead atoms. The van der Waals surface area contributed by atoms with Gasteiger partial charge in [-0.05, 0) is 38.3 Å². The number of rotatable bonds is 6. The number of nitrogens with one attached hydrogen (secondary N) is 1. The Morgan fingerprint density at radius 1 is 1.31 bits per heavy atom. The van der Waals surface area contributed by atoms with E-state index in [-0.39, 0.29) is 30.6 Å². The lowest BCUT2D eigenvalue weighted by molar-refractivity contribution is -0.148. The number of pyridine rings is 1. The largest absolute Gasteiger partial charge is 0.472 e. The van der Waals surface area contributed by atoms with Gasteiger partial charge < -0.3 is 29.1 Å². The fraction of sp³-hybridized carbons (Fsp3) is 0.538. The van der Waals surface area contributed by atoms with Crippen LogP contribution in [0.1, 0.15) is 73.3 Å². The summed E-state index contributed by atoms with van der Waals surface area (Å²) in [5, 5.41) is 8.25. The van der Waals surface area contributed by atoms with Gasteiger partial charge in [0.25, 0.3) is 5.91 Å². The molecule has 1 amide bonds. The highest BCUT2D eigenvalue weighted by molar-refractivity contribution is 5.97. The van der Waals surface area contributed by atoms with Gasteiger partial charge in [0.15, 0.2) is 0 Å². The lowest BCUT2D eigenvalue weighted by atomic mass is 9.86. The van der Waals surface area contributed by atoms with Crippen LogP contribution in [-0.2, 0) is 27.3 Å². The van der Waals surface area contributed by atoms with Gasteiger partial charge in [0, 0.05) is 36.9 Å². The number of carbonyl (C=O) groups excluding carboxylic acids is 2. The van der Waals surface area contributed by atoms with Gasteiger partial charge in [-0.1, -0.05) is 13.8 Å². The lowest BCUT2D eigenvalue weighted by Gasteiger charge is -2.42. The number of hydrogen-bond acceptors (Lipinski definition) is 8. The van der Waals surface area contributed by atoms with Crippen LogP contribution in [0.25, 0.3) is 0 Å². The lowest BCUT2D eigenvalue weighted by Crippen LogP contribution is -2.59. The summed E-state index contributed by atoms with van der Waals surface area (Å²) in [6, 6.07) is 0.790. The predicted molar refractivity (Wildman–Crippen MR) is 131 cm³/mol. The predicted octanol–water partition coefficient (Wildman–Crippen LogP) is 3.54.